The Morgan fingerprint density at radius 1 is 1.07 bits per heavy atom. The highest BCUT2D eigenvalue weighted by molar-refractivity contribution is 6.35. The average Bonchev–Trinajstić information content (AvgIpc) is 2.69. The molecule has 2 amide bonds. The van der Waals surface area contributed by atoms with E-state index in [9.17, 15) is 9.59 Å². The van der Waals surface area contributed by atoms with Crippen molar-refractivity contribution in [3.05, 3.63) is 64.1 Å². The van der Waals surface area contributed by atoms with Gasteiger partial charge in [0.05, 0.1) is 10.6 Å². The summed E-state index contributed by atoms with van der Waals surface area (Å²) in [6, 6.07) is 14.0. The quantitative estimate of drug-likeness (QED) is 0.821. The molecule has 2 aromatic rings. The van der Waals surface area contributed by atoms with Crippen LogP contribution >= 0.6 is 23.2 Å². The maximum Gasteiger partial charge on any atom is 0.260 e. The molecule has 3 rings (SSSR count). The van der Waals surface area contributed by atoms with Gasteiger partial charge in [-0.05, 0) is 43.2 Å². The molecule has 0 aliphatic carbocycles. The molecule has 7 heteroatoms. The van der Waals surface area contributed by atoms with Crippen molar-refractivity contribution in [2.24, 2.45) is 0 Å². The molecular weight excluding hydrogens is 387 g/mol. The lowest BCUT2D eigenvalue weighted by atomic mass is 10.0. The van der Waals surface area contributed by atoms with Gasteiger partial charge in [0.2, 0.25) is 0 Å². The Balaban J connectivity index is 1.46. The topological polar surface area (TPSA) is 58.6 Å². The molecular formula is C20H20Cl2N2O3. The van der Waals surface area contributed by atoms with E-state index in [1.54, 1.807) is 23.1 Å². The van der Waals surface area contributed by atoms with Crippen LogP contribution in [0.4, 0.5) is 0 Å². The fourth-order valence-corrected chi connectivity index (χ4v) is 3.34. The summed E-state index contributed by atoms with van der Waals surface area (Å²) in [5, 5.41) is 3.79. The first kappa shape index (κ1) is 19.5. The van der Waals surface area contributed by atoms with E-state index in [0.717, 1.165) is 0 Å². The van der Waals surface area contributed by atoms with E-state index in [2.05, 4.69) is 5.32 Å². The number of carbonyl (C=O) groups excluding carboxylic acids is 2. The zero-order chi connectivity index (χ0) is 19.2. The highest BCUT2D eigenvalue weighted by Crippen LogP contribution is 2.21. The maximum absolute atomic E-state index is 12.4. The number of nitrogens with zero attached hydrogens (tertiary/aromatic N) is 1. The Bertz CT molecular complexity index is 806. The SMILES string of the molecule is O=C(NC1CCN(C(=O)COc2ccccc2)CC1)c1cc(Cl)ccc1Cl. The summed E-state index contributed by atoms with van der Waals surface area (Å²) >= 11 is 12.0. The van der Waals surface area contributed by atoms with Crippen molar-refractivity contribution >= 4 is 35.0 Å². The van der Waals surface area contributed by atoms with Crippen molar-refractivity contribution in [3.63, 3.8) is 0 Å². The standard InChI is InChI=1S/C20H20Cl2N2O3/c21-14-6-7-18(22)17(12-14)20(26)23-15-8-10-24(11-9-15)19(25)13-27-16-4-2-1-3-5-16/h1-7,12,15H,8-11,13H2,(H,23,26). The van der Waals surface area contributed by atoms with Crippen molar-refractivity contribution in [2.75, 3.05) is 19.7 Å². The average molecular weight is 407 g/mol. The summed E-state index contributed by atoms with van der Waals surface area (Å²) < 4.78 is 5.51. The van der Waals surface area contributed by atoms with Gasteiger partial charge in [-0.15, -0.1) is 0 Å². The monoisotopic (exact) mass is 406 g/mol. The number of nitrogens with one attached hydrogen (secondary N) is 1. The number of carbonyl (C=O) groups is 2. The van der Waals surface area contributed by atoms with Crippen LogP contribution in [0, 0.1) is 0 Å². The van der Waals surface area contributed by atoms with Gasteiger partial charge in [-0.2, -0.15) is 0 Å². The van der Waals surface area contributed by atoms with Gasteiger partial charge in [-0.1, -0.05) is 41.4 Å². The van der Waals surface area contributed by atoms with Gasteiger partial charge in [0.15, 0.2) is 6.61 Å². The van der Waals surface area contributed by atoms with E-state index in [1.807, 2.05) is 30.3 Å². The molecule has 1 fully saturated rings. The summed E-state index contributed by atoms with van der Waals surface area (Å²) in [6.45, 7) is 1.16. The smallest absolute Gasteiger partial charge is 0.260 e. The van der Waals surface area contributed by atoms with Crippen molar-refractivity contribution in [3.8, 4) is 5.75 Å². The number of likely N-dealkylation sites (tertiary alicyclic amines) is 1. The first-order chi connectivity index (χ1) is 13.0. The second-order valence-electron chi connectivity index (χ2n) is 6.35. The summed E-state index contributed by atoms with van der Waals surface area (Å²) in [4.78, 5) is 26.5. The fourth-order valence-electron chi connectivity index (χ4n) is 2.96. The van der Waals surface area contributed by atoms with Crippen molar-refractivity contribution < 1.29 is 14.3 Å². The van der Waals surface area contributed by atoms with Gasteiger partial charge in [-0.3, -0.25) is 9.59 Å². The molecule has 0 saturated carbocycles. The third-order valence-corrected chi connectivity index (χ3v) is 5.03. The number of benzene rings is 2. The Morgan fingerprint density at radius 2 is 1.78 bits per heavy atom. The molecule has 27 heavy (non-hydrogen) atoms. The van der Waals surface area contributed by atoms with Gasteiger partial charge < -0.3 is 15.0 Å². The van der Waals surface area contributed by atoms with Crippen LogP contribution in [-0.2, 0) is 4.79 Å². The van der Waals surface area contributed by atoms with E-state index >= 15 is 0 Å². The van der Waals surface area contributed by atoms with E-state index in [4.69, 9.17) is 27.9 Å². The van der Waals surface area contributed by atoms with E-state index in [0.29, 0.717) is 47.3 Å². The molecule has 142 valence electrons. The van der Waals surface area contributed by atoms with Crippen LogP contribution in [0.1, 0.15) is 23.2 Å². The first-order valence-corrected chi connectivity index (χ1v) is 9.50. The summed E-state index contributed by atoms with van der Waals surface area (Å²) in [6.07, 6.45) is 1.36. The highest BCUT2D eigenvalue weighted by Gasteiger charge is 2.25. The number of piperidine rings is 1. The number of para-hydroxylation sites is 1. The molecule has 0 aromatic heterocycles. The number of halogens is 2. The summed E-state index contributed by atoms with van der Waals surface area (Å²) in [5.41, 5.74) is 0.360. The Hall–Kier alpha value is -2.24. The maximum atomic E-state index is 12.4. The van der Waals surface area contributed by atoms with Crippen LogP contribution in [0.5, 0.6) is 5.75 Å². The first-order valence-electron chi connectivity index (χ1n) is 8.74. The van der Waals surface area contributed by atoms with E-state index in [1.165, 1.54) is 0 Å². The Kier molecular flexibility index (Phi) is 6.58. The molecule has 5 nitrogen and oxygen atoms in total. The van der Waals surface area contributed by atoms with Crippen LogP contribution in [0.15, 0.2) is 48.5 Å². The summed E-state index contributed by atoms with van der Waals surface area (Å²) in [7, 11) is 0. The van der Waals surface area contributed by atoms with Gasteiger partial charge in [0, 0.05) is 24.2 Å². The van der Waals surface area contributed by atoms with Gasteiger partial charge in [-0.25, -0.2) is 0 Å². The predicted molar refractivity (Wildman–Crippen MR) is 105 cm³/mol. The molecule has 0 spiro atoms. The van der Waals surface area contributed by atoms with Crippen molar-refractivity contribution in [2.45, 2.75) is 18.9 Å². The molecule has 2 aromatic carbocycles. The lowest BCUT2D eigenvalue weighted by molar-refractivity contribution is -0.134. The number of hydrogen-bond acceptors (Lipinski definition) is 3. The molecule has 0 unspecified atom stereocenters. The molecule has 1 aliphatic heterocycles. The van der Waals surface area contributed by atoms with Crippen LogP contribution in [0.25, 0.3) is 0 Å². The molecule has 0 radical (unpaired) electrons. The third kappa shape index (κ3) is 5.37. The molecule has 0 bridgehead atoms. The van der Waals surface area contributed by atoms with Gasteiger partial charge in [0.25, 0.3) is 11.8 Å². The number of amides is 2. The number of rotatable bonds is 5. The van der Waals surface area contributed by atoms with Gasteiger partial charge >= 0.3 is 0 Å². The Morgan fingerprint density at radius 3 is 2.48 bits per heavy atom. The van der Waals surface area contributed by atoms with E-state index in [-0.39, 0.29) is 24.5 Å². The Labute approximate surface area is 168 Å². The number of ether oxygens (including phenoxy) is 1. The second-order valence-corrected chi connectivity index (χ2v) is 7.20. The second kappa shape index (κ2) is 9.11. The zero-order valence-electron chi connectivity index (χ0n) is 14.7. The van der Waals surface area contributed by atoms with Gasteiger partial charge in [0.1, 0.15) is 5.75 Å². The molecule has 1 aliphatic rings. The minimum Gasteiger partial charge on any atom is -0.484 e. The van der Waals surface area contributed by atoms with E-state index < -0.39 is 0 Å². The number of hydrogen-bond donors (Lipinski definition) is 1. The van der Waals surface area contributed by atoms with Crippen LogP contribution in [0.2, 0.25) is 10.0 Å². The molecule has 1 N–H and O–H groups in total. The minimum absolute atomic E-state index is 0.00774. The lowest BCUT2D eigenvalue weighted by Crippen LogP contribution is -2.47. The zero-order valence-corrected chi connectivity index (χ0v) is 16.2. The minimum atomic E-state index is -0.250. The largest absolute Gasteiger partial charge is 0.484 e. The fraction of sp³-hybridized carbons (Fsp3) is 0.300. The third-order valence-electron chi connectivity index (χ3n) is 4.46. The summed E-state index contributed by atoms with van der Waals surface area (Å²) in [5.74, 6) is 0.368. The van der Waals surface area contributed by atoms with Crippen molar-refractivity contribution in [1.29, 1.82) is 0 Å². The predicted octanol–water partition coefficient (Wildman–Crippen LogP) is 3.79. The normalized spacial score (nSPS) is 14.7. The van der Waals surface area contributed by atoms with Crippen LogP contribution < -0.4 is 10.1 Å². The highest BCUT2D eigenvalue weighted by atomic mass is 35.5. The lowest BCUT2D eigenvalue weighted by Gasteiger charge is -2.32. The van der Waals surface area contributed by atoms with Crippen molar-refractivity contribution in [1.82, 2.24) is 10.2 Å². The van der Waals surface area contributed by atoms with Crippen LogP contribution in [0.3, 0.4) is 0 Å². The van der Waals surface area contributed by atoms with Crippen LogP contribution in [-0.4, -0.2) is 42.5 Å². The molecule has 1 heterocycles. The molecule has 0 atom stereocenters. The molecule has 1 saturated heterocycles.